The van der Waals surface area contributed by atoms with Gasteiger partial charge in [-0.2, -0.15) is 0 Å². The summed E-state index contributed by atoms with van der Waals surface area (Å²) in [6.45, 7) is 0. The van der Waals surface area contributed by atoms with E-state index in [1.807, 2.05) is 0 Å². The topological polar surface area (TPSA) is 92.2 Å². The van der Waals surface area contributed by atoms with E-state index in [0.717, 1.165) is 0 Å². The molecule has 4 nitrogen and oxygen atoms in total. The minimum absolute atomic E-state index is 0. The summed E-state index contributed by atoms with van der Waals surface area (Å²) in [6.07, 6.45) is 0. The molecule has 0 rings (SSSR count). The Kier molecular flexibility index (Phi) is 7.57. The van der Waals surface area contributed by atoms with Crippen LogP contribution < -0.4 is 66.1 Å². The van der Waals surface area contributed by atoms with Gasteiger partial charge in [0, 0.05) is 0 Å². The van der Waals surface area contributed by atoms with Crippen LogP contribution in [0.5, 0.6) is 0 Å². The van der Waals surface area contributed by atoms with E-state index in [9.17, 15) is 0 Å². The molecule has 6 heavy (non-hydrogen) atoms. The first-order chi connectivity index (χ1) is 2.00. The summed E-state index contributed by atoms with van der Waals surface area (Å²) < 4.78 is 34.5. The summed E-state index contributed by atoms with van der Waals surface area (Å²) in [6, 6.07) is 0. The van der Waals surface area contributed by atoms with Crippen LogP contribution in [0.1, 0.15) is 1.43 Å². The van der Waals surface area contributed by atoms with Gasteiger partial charge in [0.1, 0.15) is 0 Å². The van der Waals surface area contributed by atoms with Crippen LogP contribution in [0.15, 0.2) is 0 Å². The quantitative estimate of drug-likeness (QED) is 0.322. The van der Waals surface area contributed by atoms with E-state index in [4.69, 9.17) is 14.8 Å². The normalized spacial score (nSPS) is 10.0. The van der Waals surface area contributed by atoms with E-state index in [0.29, 0.717) is 0 Å². The summed E-state index contributed by atoms with van der Waals surface area (Å²) in [5.74, 6) is 0. The molecule has 0 aliphatic carbocycles. The van der Waals surface area contributed by atoms with Gasteiger partial charge in [0.15, 0.2) is 0 Å². The SMILES string of the molecule is [H+].[K+].[O-][Ti]([O-])([O-])[O-]. The second-order valence-electron chi connectivity index (χ2n) is 0.500. The molecule has 0 aliphatic rings. The molecule has 0 amide bonds. The van der Waals surface area contributed by atoms with Crippen molar-refractivity contribution < 1.29 is 85.7 Å². The van der Waals surface area contributed by atoms with Gasteiger partial charge in [-0.3, -0.25) is 0 Å². The van der Waals surface area contributed by atoms with Crippen LogP contribution in [0.4, 0.5) is 0 Å². The summed E-state index contributed by atoms with van der Waals surface area (Å²) in [5, 5.41) is 0. The molecule has 6 heteroatoms. The van der Waals surface area contributed by atoms with Crippen molar-refractivity contribution in [2.24, 2.45) is 0 Å². The molecule has 0 saturated carbocycles. The van der Waals surface area contributed by atoms with Crippen molar-refractivity contribution in [3.05, 3.63) is 0 Å². The van der Waals surface area contributed by atoms with Crippen LogP contribution in [0, 0.1) is 0 Å². The van der Waals surface area contributed by atoms with E-state index in [1.54, 1.807) is 0 Å². The van der Waals surface area contributed by atoms with E-state index < -0.39 is 18.1 Å². The van der Waals surface area contributed by atoms with Gasteiger partial charge in [-0.1, -0.05) is 0 Å². The van der Waals surface area contributed by atoms with E-state index >= 15 is 0 Å². The number of hydrogen-bond acceptors (Lipinski definition) is 4. The molecule has 0 N–H and O–H groups in total. The van der Waals surface area contributed by atoms with Crippen LogP contribution >= 0.6 is 0 Å². The summed E-state index contributed by atoms with van der Waals surface area (Å²) >= 11 is -6.00. The Bertz CT molecular complexity index is 27.2. The van der Waals surface area contributed by atoms with E-state index in [2.05, 4.69) is 0 Å². The standard InChI is InChI=1S/K.4O.Ti/q+1;4*-1;/p+1. The molecule has 0 unspecified atom stereocenters. The molecule has 0 saturated heterocycles. The summed E-state index contributed by atoms with van der Waals surface area (Å²) in [4.78, 5) is 0. The molecule has 0 spiro atoms. The van der Waals surface area contributed by atoms with Gasteiger partial charge < -0.3 is 0 Å². The van der Waals surface area contributed by atoms with Gasteiger partial charge in [-0.25, -0.2) is 0 Å². The average molecular weight is 152 g/mol. The molecule has 0 atom stereocenters. The maximum absolute atomic E-state index is 8.62. The third-order valence-electron chi connectivity index (χ3n) is 0. The van der Waals surface area contributed by atoms with Crippen LogP contribution in [0.2, 0.25) is 0 Å². The van der Waals surface area contributed by atoms with Crippen LogP contribution in [-0.2, 0) is 18.1 Å². The van der Waals surface area contributed by atoms with Crippen molar-refractivity contribution in [1.29, 1.82) is 0 Å². The van der Waals surface area contributed by atoms with Crippen molar-refractivity contribution >= 4 is 0 Å². The van der Waals surface area contributed by atoms with Crippen LogP contribution in [0.3, 0.4) is 0 Å². The minimum atomic E-state index is -6.00. The molecule has 0 bridgehead atoms. The molecule has 0 radical (unpaired) electrons. The second kappa shape index (κ2) is 4.11. The van der Waals surface area contributed by atoms with Gasteiger partial charge >= 0.3 is 85.7 Å². The molecular weight excluding hydrogens is 151 g/mol. The molecule has 0 heterocycles. The fourth-order valence-corrected chi connectivity index (χ4v) is 0. The summed E-state index contributed by atoms with van der Waals surface area (Å²) in [5.41, 5.74) is 0. The Morgan fingerprint density at radius 3 is 1.00 bits per heavy atom. The fraction of sp³-hybridized carbons (Fsp3) is 0. The average Bonchev–Trinajstić information content (AvgIpc) is 0.722. The predicted octanol–water partition coefficient (Wildman–Crippen LogP) is -7.64. The first kappa shape index (κ1) is 11.1. The van der Waals surface area contributed by atoms with Gasteiger partial charge in [-0.15, -0.1) is 0 Å². The molecule has 0 aromatic heterocycles. The van der Waals surface area contributed by atoms with Crippen LogP contribution in [0.25, 0.3) is 0 Å². The van der Waals surface area contributed by atoms with Gasteiger partial charge in [0.05, 0.1) is 0 Å². The Morgan fingerprint density at radius 2 is 1.00 bits per heavy atom. The monoisotopic (exact) mass is 152 g/mol. The Balaban J connectivity index is -0.0000000800. The summed E-state index contributed by atoms with van der Waals surface area (Å²) in [7, 11) is 0. The zero-order chi connectivity index (χ0) is 4.50. The maximum atomic E-state index is 8.62. The van der Waals surface area contributed by atoms with Crippen molar-refractivity contribution in [1.82, 2.24) is 0 Å². The molecule has 0 aromatic rings. The van der Waals surface area contributed by atoms with Crippen molar-refractivity contribution in [2.45, 2.75) is 0 Å². The Hall–Kier alpha value is 2.19. The van der Waals surface area contributed by atoms with E-state index in [-0.39, 0.29) is 52.8 Å². The molecule has 0 fully saturated rings. The molecular formula is HKO4Ti-2. The molecule has 32 valence electrons. The predicted molar refractivity (Wildman–Crippen MR) is 1.11 cm³/mol. The zero-order valence-electron chi connectivity index (χ0n) is 4.13. The Labute approximate surface area is 84.0 Å². The van der Waals surface area contributed by atoms with Gasteiger partial charge in [-0.05, 0) is 0 Å². The zero-order valence-corrected chi connectivity index (χ0v) is 7.82. The fourth-order valence-electron chi connectivity index (χ4n) is 0. The molecule has 0 aromatic carbocycles. The van der Waals surface area contributed by atoms with Crippen molar-refractivity contribution in [3.63, 3.8) is 0 Å². The van der Waals surface area contributed by atoms with Crippen molar-refractivity contribution in [3.8, 4) is 0 Å². The number of rotatable bonds is 0. The second-order valence-corrected chi connectivity index (χ2v) is 2.06. The first-order valence-corrected chi connectivity index (χ1v) is 3.37. The number of hydrogen-bond donors (Lipinski definition) is 0. The van der Waals surface area contributed by atoms with Gasteiger partial charge in [0.25, 0.3) is 0 Å². The third kappa shape index (κ3) is 34.8. The molecule has 0 aliphatic heterocycles. The third-order valence-corrected chi connectivity index (χ3v) is 0. The van der Waals surface area contributed by atoms with E-state index in [1.165, 1.54) is 0 Å². The Morgan fingerprint density at radius 1 is 1.00 bits per heavy atom. The van der Waals surface area contributed by atoms with Crippen molar-refractivity contribution in [2.75, 3.05) is 0 Å². The van der Waals surface area contributed by atoms with Crippen LogP contribution in [-0.4, -0.2) is 0 Å². The first-order valence-electron chi connectivity index (χ1n) is 0.816. The van der Waals surface area contributed by atoms with Gasteiger partial charge in [0.2, 0.25) is 0 Å².